The zero-order valence-electron chi connectivity index (χ0n) is 9.26. The molecule has 0 radical (unpaired) electrons. The molecule has 1 atom stereocenters. The van der Waals surface area contributed by atoms with Crippen molar-refractivity contribution in [2.75, 3.05) is 0 Å². The highest BCUT2D eigenvalue weighted by molar-refractivity contribution is 6.33. The molecule has 1 aliphatic heterocycles. The quantitative estimate of drug-likeness (QED) is 0.830. The Morgan fingerprint density at radius 3 is 2.94 bits per heavy atom. The van der Waals surface area contributed by atoms with Crippen molar-refractivity contribution in [3.05, 3.63) is 58.8 Å². The Morgan fingerprint density at radius 2 is 2.22 bits per heavy atom. The van der Waals surface area contributed by atoms with Crippen molar-refractivity contribution in [1.82, 2.24) is 5.32 Å². The molecule has 1 heterocycles. The fourth-order valence-corrected chi connectivity index (χ4v) is 1.68. The number of dihydropyridines is 1. The highest BCUT2D eigenvalue weighted by Gasteiger charge is 2.21. The first kappa shape index (κ1) is 12.2. The number of halogens is 1. The number of allylic oxidation sites excluding steroid dienone is 2. The van der Waals surface area contributed by atoms with Crippen molar-refractivity contribution < 1.29 is 9.53 Å². The van der Waals surface area contributed by atoms with E-state index in [-0.39, 0.29) is 5.56 Å². The first-order chi connectivity index (χ1) is 8.72. The van der Waals surface area contributed by atoms with Gasteiger partial charge in [-0.3, -0.25) is 0 Å². The second-order valence-corrected chi connectivity index (χ2v) is 3.93. The van der Waals surface area contributed by atoms with Crippen molar-refractivity contribution in [1.29, 1.82) is 5.26 Å². The first-order valence-electron chi connectivity index (χ1n) is 5.21. The Balaban J connectivity index is 2.14. The lowest BCUT2D eigenvalue weighted by atomic mass is 10.2. The molecule has 0 fully saturated rings. The van der Waals surface area contributed by atoms with Gasteiger partial charge >= 0.3 is 5.97 Å². The summed E-state index contributed by atoms with van der Waals surface area (Å²) in [7, 11) is 0. The number of hydrogen-bond donors (Lipinski definition) is 1. The lowest BCUT2D eigenvalue weighted by Gasteiger charge is -2.19. The molecule has 90 valence electrons. The van der Waals surface area contributed by atoms with Gasteiger partial charge in [-0.1, -0.05) is 23.7 Å². The van der Waals surface area contributed by atoms with E-state index in [1.54, 1.807) is 42.6 Å². The van der Waals surface area contributed by atoms with Crippen LogP contribution in [0.4, 0.5) is 0 Å². The number of hydrogen-bond acceptors (Lipinski definition) is 4. The summed E-state index contributed by atoms with van der Waals surface area (Å²) in [5.74, 6) is -0.574. The number of carbonyl (C=O) groups is 1. The molecular formula is C13H9ClN2O2. The molecule has 0 bridgehead atoms. The van der Waals surface area contributed by atoms with Gasteiger partial charge in [0.05, 0.1) is 16.2 Å². The summed E-state index contributed by atoms with van der Waals surface area (Å²) in [4.78, 5) is 11.9. The van der Waals surface area contributed by atoms with Gasteiger partial charge in [0.1, 0.15) is 6.07 Å². The van der Waals surface area contributed by atoms with Crippen molar-refractivity contribution in [2.24, 2.45) is 0 Å². The van der Waals surface area contributed by atoms with Crippen LogP contribution in [0.1, 0.15) is 10.4 Å². The number of nitrogens with zero attached hydrogens (tertiary/aromatic N) is 1. The molecule has 0 saturated heterocycles. The molecule has 2 rings (SSSR count). The van der Waals surface area contributed by atoms with Crippen LogP contribution in [-0.2, 0) is 4.74 Å². The number of ether oxygens (including phenoxy) is 1. The Hall–Kier alpha value is -2.25. The van der Waals surface area contributed by atoms with Gasteiger partial charge in [0.25, 0.3) is 0 Å². The number of rotatable bonds is 2. The van der Waals surface area contributed by atoms with Crippen LogP contribution in [0.5, 0.6) is 0 Å². The third-order valence-electron chi connectivity index (χ3n) is 2.35. The molecule has 4 nitrogen and oxygen atoms in total. The summed E-state index contributed by atoms with van der Waals surface area (Å²) in [6.07, 6.45) is 4.08. The molecule has 1 aliphatic rings. The van der Waals surface area contributed by atoms with Crippen LogP contribution >= 0.6 is 11.6 Å². The van der Waals surface area contributed by atoms with Crippen molar-refractivity contribution in [2.45, 2.75) is 6.23 Å². The molecule has 0 amide bonds. The second kappa shape index (κ2) is 5.39. The fraction of sp³-hybridized carbons (Fsp3) is 0.0769. The van der Waals surface area contributed by atoms with E-state index >= 15 is 0 Å². The van der Waals surface area contributed by atoms with E-state index in [1.807, 2.05) is 6.07 Å². The van der Waals surface area contributed by atoms with Crippen molar-refractivity contribution in [3.63, 3.8) is 0 Å². The fourth-order valence-electron chi connectivity index (χ4n) is 1.46. The van der Waals surface area contributed by atoms with Gasteiger partial charge in [-0.05, 0) is 30.5 Å². The Morgan fingerprint density at radius 1 is 1.44 bits per heavy atom. The molecule has 1 N–H and O–H groups in total. The van der Waals surface area contributed by atoms with Crippen LogP contribution in [0.25, 0.3) is 0 Å². The van der Waals surface area contributed by atoms with Crippen molar-refractivity contribution >= 4 is 17.6 Å². The summed E-state index contributed by atoms with van der Waals surface area (Å²) in [5, 5.41) is 12.0. The predicted molar refractivity (Wildman–Crippen MR) is 66.6 cm³/mol. The molecule has 5 heteroatoms. The third kappa shape index (κ3) is 2.53. The highest BCUT2D eigenvalue weighted by atomic mass is 35.5. The Labute approximate surface area is 109 Å². The van der Waals surface area contributed by atoms with Gasteiger partial charge in [-0.2, -0.15) is 5.26 Å². The summed E-state index contributed by atoms with van der Waals surface area (Å²) in [6, 6.07) is 8.55. The average molecular weight is 261 g/mol. The summed E-state index contributed by atoms with van der Waals surface area (Å²) in [6.45, 7) is 0. The van der Waals surface area contributed by atoms with Gasteiger partial charge < -0.3 is 10.1 Å². The van der Waals surface area contributed by atoms with E-state index in [0.717, 1.165) is 0 Å². The van der Waals surface area contributed by atoms with E-state index in [2.05, 4.69) is 5.32 Å². The second-order valence-electron chi connectivity index (χ2n) is 3.52. The standard InChI is InChI=1S/C13H9ClN2O2/c14-11-6-2-1-5-10(11)13(17)18-12-9(8-15)4-3-7-16-12/h1-7,12,16H. The van der Waals surface area contributed by atoms with E-state index in [1.165, 1.54) is 0 Å². The zero-order chi connectivity index (χ0) is 13.0. The molecule has 1 unspecified atom stereocenters. The van der Waals surface area contributed by atoms with Gasteiger partial charge in [0.2, 0.25) is 6.23 Å². The number of nitrogens with one attached hydrogen (secondary N) is 1. The number of benzene rings is 1. The SMILES string of the molecule is N#CC1=CC=CNC1OC(=O)c1ccccc1Cl. The number of esters is 1. The minimum absolute atomic E-state index is 0.271. The molecule has 0 aromatic heterocycles. The number of carbonyl (C=O) groups excluding carboxylic acids is 1. The minimum Gasteiger partial charge on any atom is -0.433 e. The van der Waals surface area contributed by atoms with E-state index in [0.29, 0.717) is 10.6 Å². The van der Waals surface area contributed by atoms with Crippen LogP contribution < -0.4 is 5.32 Å². The maximum atomic E-state index is 11.9. The minimum atomic E-state index is -0.774. The average Bonchev–Trinajstić information content (AvgIpc) is 2.39. The topological polar surface area (TPSA) is 62.1 Å². The van der Waals surface area contributed by atoms with Crippen LogP contribution in [-0.4, -0.2) is 12.2 Å². The summed E-state index contributed by atoms with van der Waals surface area (Å²) >= 11 is 5.89. The van der Waals surface area contributed by atoms with Crippen LogP contribution in [0.3, 0.4) is 0 Å². The Bertz CT molecular complexity index is 573. The molecule has 1 aromatic rings. The van der Waals surface area contributed by atoms with Crippen molar-refractivity contribution in [3.8, 4) is 6.07 Å². The lowest BCUT2D eigenvalue weighted by Crippen LogP contribution is -2.33. The lowest BCUT2D eigenvalue weighted by molar-refractivity contribution is 0.0341. The maximum Gasteiger partial charge on any atom is 0.341 e. The van der Waals surface area contributed by atoms with Gasteiger partial charge in [-0.25, -0.2) is 4.79 Å². The predicted octanol–water partition coefficient (Wildman–Crippen LogP) is 2.39. The van der Waals surface area contributed by atoms with Gasteiger partial charge in [-0.15, -0.1) is 0 Å². The van der Waals surface area contributed by atoms with E-state index in [9.17, 15) is 4.79 Å². The maximum absolute atomic E-state index is 11.9. The summed E-state index contributed by atoms with van der Waals surface area (Å²) in [5.41, 5.74) is 0.603. The monoisotopic (exact) mass is 260 g/mol. The van der Waals surface area contributed by atoms with Crippen LogP contribution in [0.15, 0.2) is 48.2 Å². The number of nitriles is 1. The van der Waals surface area contributed by atoms with E-state index < -0.39 is 12.2 Å². The Kier molecular flexibility index (Phi) is 3.66. The van der Waals surface area contributed by atoms with Crippen LogP contribution in [0.2, 0.25) is 5.02 Å². The molecule has 1 aromatic carbocycles. The summed E-state index contributed by atoms with van der Waals surface area (Å²) < 4.78 is 5.19. The molecular weight excluding hydrogens is 252 g/mol. The normalized spacial score (nSPS) is 17.3. The highest BCUT2D eigenvalue weighted by Crippen LogP contribution is 2.18. The first-order valence-corrected chi connectivity index (χ1v) is 5.58. The third-order valence-corrected chi connectivity index (χ3v) is 2.68. The largest absolute Gasteiger partial charge is 0.433 e. The van der Waals surface area contributed by atoms with Crippen LogP contribution in [0, 0.1) is 11.3 Å². The molecule has 18 heavy (non-hydrogen) atoms. The molecule has 0 aliphatic carbocycles. The molecule has 0 saturated carbocycles. The zero-order valence-corrected chi connectivity index (χ0v) is 10.0. The van der Waals surface area contributed by atoms with E-state index in [4.69, 9.17) is 21.6 Å². The molecule has 0 spiro atoms. The van der Waals surface area contributed by atoms with Gasteiger partial charge in [0, 0.05) is 0 Å². The smallest absolute Gasteiger partial charge is 0.341 e. The van der Waals surface area contributed by atoms with Gasteiger partial charge in [0.15, 0.2) is 0 Å².